The van der Waals surface area contributed by atoms with Gasteiger partial charge in [0.1, 0.15) is 0 Å². The summed E-state index contributed by atoms with van der Waals surface area (Å²) in [7, 11) is -3.93. The number of imidazole rings is 1. The van der Waals surface area contributed by atoms with Crippen molar-refractivity contribution in [3.8, 4) is 0 Å². The molecule has 0 spiro atoms. The molecule has 0 radical (unpaired) electrons. The minimum Gasteiger partial charge on any atom is -0.548 e. The first-order valence-corrected chi connectivity index (χ1v) is 7.64. The van der Waals surface area contributed by atoms with Gasteiger partial charge < -0.3 is 14.9 Å². The number of aromatic nitrogens is 2. The Hall–Kier alpha value is -2.19. The standard InChI is InChI=1S/C13H15N3O4S/c1-9-2-4-11(5-3-9)21(19,20)16-12(13(17)18)6-10-7-14-8-15-10/h2-5,7-8,12,16H,6H2,1H3,(H,14,15)(H,17,18)/p-1/t12-/m1/s1. The fraction of sp³-hybridized carbons (Fsp3) is 0.231. The molecule has 8 heteroatoms. The lowest BCUT2D eigenvalue weighted by Gasteiger charge is -2.19. The lowest BCUT2D eigenvalue weighted by molar-refractivity contribution is -0.307. The Balaban J connectivity index is 2.19. The highest BCUT2D eigenvalue weighted by Crippen LogP contribution is 2.11. The number of aliphatic carboxylic acids is 1. The van der Waals surface area contributed by atoms with E-state index in [1.165, 1.54) is 24.7 Å². The molecule has 0 aliphatic rings. The maximum Gasteiger partial charge on any atom is 0.241 e. The predicted molar refractivity (Wildman–Crippen MR) is 72.6 cm³/mol. The van der Waals surface area contributed by atoms with Crippen molar-refractivity contribution in [3.05, 3.63) is 48.0 Å². The molecule has 1 aromatic heterocycles. The highest BCUT2D eigenvalue weighted by molar-refractivity contribution is 7.89. The molecule has 0 saturated carbocycles. The number of carboxylic acid groups (broad SMARTS) is 1. The monoisotopic (exact) mass is 308 g/mol. The molecule has 0 aliphatic heterocycles. The van der Waals surface area contributed by atoms with Crippen molar-refractivity contribution in [2.45, 2.75) is 24.3 Å². The van der Waals surface area contributed by atoms with E-state index in [9.17, 15) is 18.3 Å². The van der Waals surface area contributed by atoms with Crippen LogP contribution < -0.4 is 9.83 Å². The van der Waals surface area contributed by atoms with Gasteiger partial charge in [-0.05, 0) is 19.1 Å². The molecule has 0 aliphatic carbocycles. The van der Waals surface area contributed by atoms with E-state index in [0.29, 0.717) is 5.69 Å². The van der Waals surface area contributed by atoms with Crippen molar-refractivity contribution < 1.29 is 18.3 Å². The molecule has 0 saturated heterocycles. The summed E-state index contributed by atoms with van der Waals surface area (Å²) in [4.78, 5) is 17.6. The van der Waals surface area contributed by atoms with E-state index < -0.39 is 22.0 Å². The molecular formula is C13H14N3O4S-. The van der Waals surface area contributed by atoms with Crippen LogP contribution in [0.3, 0.4) is 0 Å². The molecule has 2 aromatic rings. The van der Waals surface area contributed by atoms with Crippen LogP contribution in [0.2, 0.25) is 0 Å². The molecule has 0 unspecified atom stereocenters. The number of nitrogens with one attached hydrogen (secondary N) is 2. The third kappa shape index (κ3) is 3.89. The number of carboxylic acids is 1. The quantitative estimate of drug-likeness (QED) is 0.736. The van der Waals surface area contributed by atoms with Gasteiger partial charge in [0.05, 0.1) is 23.2 Å². The van der Waals surface area contributed by atoms with E-state index in [0.717, 1.165) is 5.56 Å². The summed E-state index contributed by atoms with van der Waals surface area (Å²) >= 11 is 0. The van der Waals surface area contributed by atoms with Gasteiger partial charge in [-0.15, -0.1) is 0 Å². The van der Waals surface area contributed by atoms with Gasteiger partial charge in [0.15, 0.2) is 0 Å². The molecule has 7 nitrogen and oxygen atoms in total. The van der Waals surface area contributed by atoms with Crippen molar-refractivity contribution >= 4 is 16.0 Å². The van der Waals surface area contributed by atoms with Gasteiger partial charge in [-0.2, -0.15) is 0 Å². The van der Waals surface area contributed by atoms with Crippen LogP contribution in [0.1, 0.15) is 11.3 Å². The third-order valence-electron chi connectivity index (χ3n) is 2.89. The second-order valence-corrected chi connectivity index (χ2v) is 6.30. The fourth-order valence-corrected chi connectivity index (χ4v) is 2.95. The van der Waals surface area contributed by atoms with E-state index >= 15 is 0 Å². The van der Waals surface area contributed by atoms with Gasteiger partial charge in [-0.25, -0.2) is 18.1 Å². The highest BCUT2D eigenvalue weighted by atomic mass is 32.2. The van der Waals surface area contributed by atoms with Crippen LogP contribution in [0.15, 0.2) is 41.7 Å². The Morgan fingerprint density at radius 3 is 2.57 bits per heavy atom. The smallest absolute Gasteiger partial charge is 0.241 e. The van der Waals surface area contributed by atoms with Crippen molar-refractivity contribution in [2.24, 2.45) is 0 Å². The van der Waals surface area contributed by atoms with Gasteiger partial charge in [-0.3, -0.25) is 0 Å². The van der Waals surface area contributed by atoms with Crippen LogP contribution in [0.4, 0.5) is 0 Å². The number of benzene rings is 1. The highest BCUT2D eigenvalue weighted by Gasteiger charge is 2.21. The zero-order valence-electron chi connectivity index (χ0n) is 11.2. The molecule has 1 atom stereocenters. The van der Waals surface area contributed by atoms with Crippen LogP contribution >= 0.6 is 0 Å². The number of H-pyrrole nitrogens is 1. The normalized spacial score (nSPS) is 13.0. The van der Waals surface area contributed by atoms with Gasteiger partial charge in [0, 0.05) is 18.3 Å². The van der Waals surface area contributed by atoms with Crippen LogP contribution in [-0.2, 0) is 21.2 Å². The maximum atomic E-state index is 12.2. The van der Waals surface area contributed by atoms with E-state index in [2.05, 4.69) is 14.7 Å². The van der Waals surface area contributed by atoms with E-state index in [1.54, 1.807) is 12.1 Å². The Morgan fingerprint density at radius 1 is 1.38 bits per heavy atom. The zero-order chi connectivity index (χ0) is 15.5. The number of aromatic amines is 1. The minimum absolute atomic E-state index is 0.00367. The van der Waals surface area contributed by atoms with E-state index in [1.807, 2.05) is 6.92 Å². The Labute approximate surface area is 122 Å². The summed E-state index contributed by atoms with van der Waals surface area (Å²) in [6, 6.07) is 4.73. The van der Waals surface area contributed by atoms with Gasteiger partial charge in [0.25, 0.3) is 0 Å². The van der Waals surface area contributed by atoms with E-state index in [-0.39, 0.29) is 11.3 Å². The van der Waals surface area contributed by atoms with Crippen LogP contribution in [0.5, 0.6) is 0 Å². The topological polar surface area (TPSA) is 115 Å². The first-order chi connectivity index (χ1) is 9.88. The number of nitrogens with zero attached hydrogens (tertiary/aromatic N) is 1. The summed E-state index contributed by atoms with van der Waals surface area (Å²) in [6.45, 7) is 1.83. The average molecular weight is 308 g/mol. The Bertz CT molecular complexity index is 708. The van der Waals surface area contributed by atoms with Crippen molar-refractivity contribution in [1.82, 2.24) is 14.7 Å². The fourth-order valence-electron chi connectivity index (χ4n) is 1.76. The number of hydrogen-bond acceptors (Lipinski definition) is 5. The zero-order valence-corrected chi connectivity index (χ0v) is 12.1. The summed E-state index contributed by atoms with van der Waals surface area (Å²) in [5, 5.41) is 11.1. The number of aryl methyl sites for hydroxylation is 1. The second kappa shape index (κ2) is 6.06. The van der Waals surface area contributed by atoms with Crippen LogP contribution in [0, 0.1) is 6.92 Å². The van der Waals surface area contributed by atoms with E-state index in [4.69, 9.17) is 0 Å². The number of sulfonamides is 1. The molecular weight excluding hydrogens is 294 g/mol. The molecule has 1 aromatic carbocycles. The largest absolute Gasteiger partial charge is 0.548 e. The summed E-state index contributed by atoms with van der Waals surface area (Å²) < 4.78 is 26.4. The van der Waals surface area contributed by atoms with Crippen molar-refractivity contribution in [3.63, 3.8) is 0 Å². The van der Waals surface area contributed by atoms with Crippen LogP contribution in [-0.4, -0.2) is 30.4 Å². The minimum atomic E-state index is -3.93. The van der Waals surface area contributed by atoms with Gasteiger partial charge in [0.2, 0.25) is 10.0 Å². The number of carbonyl (C=O) groups excluding carboxylic acids is 1. The summed E-state index contributed by atoms with van der Waals surface area (Å²) in [6.07, 6.45) is 2.74. The number of rotatable bonds is 6. The molecule has 0 fully saturated rings. The Morgan fingerprint density at radius 2 is 2.05 bits per heavy atom. The first-order valence-electron chi connectivity index (χ1n) is 6.15. The number of carbonyl (C=O) groups is 1. The SMILES string of the molecule is Cc1ccc(S(=O)(=O)N[C@H](Cc2cnc[nH]2)C(=O)[O-])cc1. The predicted octanol–water partition coefficient (Wildman–Crippen LogP) is -0.642. The third-order valence-corrected chi connectivity index (χ3v) is 4.38. The first kappa shape index (κ1) is 15.2. The molecule has 0 bridgehead atoms. The summed E-state index contributed by atoms with van der Waals surface area (Å²) in [5.41, 5.74) is 1.40. The van der Waals surface area contributed by atoms with Gasteiger partial charge in [-0.1, -0.05) is 17.7 Å². The number of hydrogen-bond donors (Lipinski definition) is 2. The molecule has 2 N–H and O–H groups in total. The van der Waals surface area contributed by atoms with Crippen molar-refractivity contribution in [1.29, 1.82) is 0 Å². The van der Waals surface area contributed by atoms with Gasteiger partial charge >= 0.3 is 0 Å². The maximum absolute atomic E-state index is 12.2. The molecule has 1 heterocycles. The van der Waals surface area contributed by atoms with Crippen LogP contribution in [0.25, 0.3) is 0 Å². The average Bonchev–Trinajstić information content (AvgIpc) is 2.91. The lowest BCUT2D eigenvalue weighted by Crippen LogP contribution is -2.49. The lowest BCUT2D eigenvalue weighted by atomic mass is 10.2. The molecule has 21 heavy (non-hydrogen) atoms. The van der Waals surface area contributed by atoms with Crippen molar-refractivity contribution in [2.75, 3.05) is 0 Å². The Kier molecular flexibility index (Phi) is 4.39. The second-order valence-electron chi connectivity index (χ2n) is 4.59. The molecule has 112 valence electrons. The summed E-state index contributed by atoms with van der Waals surface area (Å²) in [5.74, 6) is -1.50. The molecule has 2 rings (SSSR count). The molecule has 0 amide bonds.